The summed E-state index contributed by atoms with van der Waals surface area (Å²) in [6.45, 7) is 10.9. The number of allylic oxidation sites excluding steroid dienone is 3. The van der Waals surface area contributed by atoms with Gasteiger partial charge in [0.05, 0.1) is 24.2 Å². The van der Waals surface area contributed by atoms with Gasteiger partial charge < -0.3 is 20.4 Å². The van der Waals surface area contributed by atoms with Crippen LogP contribution in [-0.4, -0.2) is 45.2 Å². The molecule has 5 rings (SSSR count). The van der Waals surface area contributed by atoms with E-state index < -0.39 is 29.0 Å². The molecule has 3 saturated carbocycles. The van der Waals surface area contributed by atoms with Crippen molar-refractivity contribution in [1.82, 2.24) is 0 Å². The van der Waals surface area contributed by atoms with E-state index in [1.54, 1.807) is 0 Å². The molecule has 0 amide bonds. The van der Waals surface area contributed by atoms with Crippen LogP contribution < -0.4 is 0 Å². The molecule has 34 heavy (non-hydrogen) atoms. The molecule has 9 atom stereocenters. The molecule has 1 unspecified atom stereocenters. The highest BCUT2D eigenvalue weighted by Crippen LogP contribution is 2.70. The van der Waals surface area contributed by atoms with Gasteiger partial charge in [0.1, 0.15) is 0 Å². The highest BCUT2D eigenvalue weighted by Gasteiger charge is 2.65. The molecule has 0 bridgehead atoms. The maximum Gasteiger partial charge on any atom is 0.310 e. The Morgan fingerprint density at radius 1 is 1.00 bits per heavy atom. The Kier molecular flexibility index (Phi) is 5.36. The maximum atomic E-state index is 12.7. The van der Waals surface area contributed by atoms with Crippen LogP contribution in [0.5, 0.6) is 0 Å². The van der Waals surface area contributed by atoms with Crippen LogP contribution in [0.4, 0.5) is 0 Å². The van der Waals surface area contributed by atoms with Crippen molar-refractivity contribution in [2.75, 3.05) is 6.61 Å². The Hall–Kier alpha value is -1.17. The van der Waals surface area contributed by atoms with E-state index in [-0.39, 0.29) is 34.7 Å². The van der Waals surface area contributed by atoms with E-state index in [1.165, 1.54) is 5.57 Å². The number of carboxylic acids is 1. The Balaban J connectivity index is 1.58. The largest absolute Gasteiger partial charge is 0.481 e. The van der Waals surface area contributed by atoms with Gasteiger partial charge in [0.25, 0.3) is 0 Å². The summed E-state index contributed by atoms with van der Waals surface area (Å²) in [6, 6.07) is 0. The van der Waals surface area contributed by atoms with E-state index >= 15 is 0 Å². The van der Waals surface area contributed by atoms with Gasteiger partial charge in [-0.15, -0.1) is 0 Å². The molecule has 5 aliphatic carbocycles. The standard InChI is InChI=1S/C29H44O5/c1-25(2)12-13-29(24(33)34)11-8-18-17(19(29)14-25)6-7-21-26(18,3)10-9-22-27(21,4)15-20(31)23(32)28(22,5)16-30/h6,9,18-21,23,30-32H,7-8,10-16H2,1-5H3,(H,33,34)/t18?,19-,20-,21-,23-,26-,27+,28-,29+/m0/s1. The predicted molar refractivity (Wildman–Crippen MR) is 131 cm³/mol. The molecule has 0 saturated heterocycles. The van der Waals surface area contributed by atoms with Crippen LogP contribution in [0.25, 0.3) is 0 Å². The fourth-order valence-electron chi connectivity index (χ4n) is 9.72. The van der Waals surface area contributed by atoms with Crippen molar-refractivity contribution in [1.29, 1.82) is 0 Å². The Morgan fingerprint density at radius 3 is 2.35 bits per heavy atom. The molecule has 0 aromatic heterocycles. The zero-order chi connectivity index (χ0) is 24.9. The number of aliphatic hydroxyl groups excluding tert-OH is 3. The average Bonchev–Trinajstić information content (AvgIpc) is 2.76. The second-order valence-corrected chi connectivity index (χ2v) is 14.0. The Bertz CT molecular complexity index is 950. The van der Waals surface area contributed by atoms with E-state index in [0.29, 0.717) is 12.3 Å². The quantitative estimate of drug-likeness (QED) is 0.437. The first-order valence-electron chi connectivity index (χ1n) is 13.4. The SMILES string of the molecule is CC1(C)CC[C@]2(C(=O)O)CCC3C(=CC[C@@H]4[C@@]5(C)C[C@H](O)[C@H](O)[C@@](C)(CO)C5=CC[C@@]34C)[C@@H]2C1. The molecule has 0 heterocycles. The normalized spacial score (nSPS) is 51.7. The molecule has 5 heteroatoms. The van der Waals surface area contributed by atoms with Gasteiger partial charge in [-0.25, -0.2) is 0 Å². The Morgan fingerprint density at radius 2 is 1.71 bits per heavy atom. The zero-order valence-electron chi connectivity index (χ0n) is 21.6. The van der Waals surface area contributed by atoms with Crippen molar-refractivity contribution in [3.05, 3.63) is 23.3 Å². The second kappa shape index (κ2) is 7.43. The van der Waals surface area contributed by atoms with Crippen LogP contribution in [0.3, 0.4) is 0 Å². The smallest absolute Gasteiger partial charge is 0.310 e. The summed E-state index contributed by atoms with van der Waals surface area (Å²) in [5, 5.41) is 42.5. The lowest BCUT2D eigenvalue weighted by molar-refractivity contribution is -0.163. The first kappa shape index (κ1) is 24.5. The summed E-state index contributed by atoms with van der Waals surface area (Å²) in [4.78, 5) is 12.7. The van der Waals surface area contributed by atoms with Crippen LogP contribution >= 0.6 is 0 Å². The summed E-state index contributed by atoms with van der Waals surface area (Å²) in [7, 11) is 0. The molecule has 0 aromatic rings. The van der Waals surface area contributed by atoms with Gasteiger partial charge in [0.2, 0.25) is 0 Å². The van der Waals surface area contributed by atoms with Gasteiger partial charge in [0, 0.05) is 5.41 Å². The molecule has 0 aliphatic heterocycles. The molecular weight excluding hydrogens is 428 g/mol. The van der Waals surface area contributed by atoms with Crippen molar-refractivity contribution in [2.45, 2.75) is 98.2 Å². The highest BCUT2D eigenvalue weighted by atomic mass is 16.4. The maximum absolute atomic E-state index is 12.7. The number of rotatable bonds is 2. The second-order valence-electron chi connectivity index (χ2n) is 14.0. The van der Waals surface area contributed by atoms with Gasteiger partial charge in [-0.3, -0.25) is 4.79 Å². The molecule has 0 radical (unpaired) electrons. The van der Waals surface area contributed by atoms with Gasteiger partial charge >= 0.3 is 5.97 Å². The molecule has 5 nitrogen and oxygen atoms in total. The van der Waals surface area contributed by atoms with E-state index in [9.17, 15) is 25.2 Å². The minimum Gasteiger partial charge on any atom is -0.481 e. The number of aliphatic hydroxyl groups is 3. The number of aliphatic carboxylic acids is 1. The predicted octanol–water partition coefficient (Wildman–Crippen LogP) is 4.71. The minimum atomic E-state index is -0.966. The van der Waals surface area contributed by atoms with Gasteiger partial charge in [0.15, 0.2) is 0 Å². The number of carbonyl (C=O) groups is 1. The van der Waals surface area contributed by atoms with Gasteiger partial charge in [-0.05, 0) is 85.4 Å². The first-order chi connectivity index (χ1) is 15.8. The molecule has 3 fully saturated rings. The monoisotopic (exact) mass is 472 g/mol. The summed E-state index contributed by atoms with van der Waals surface area (Å²) < 4.78 is 0. The lowest BCUT2D eigenvalue weighted by Gasteiger charge is -2.65. The fourth-order valence-corrected chi connectivity index (χ4v) is 9.72. The minimum absolute atomic E-state index is 0.0209. The highest BCUT2D eigenvalue weighted by molar-refractivity contribution is 5.76. The molecule has 0 aromatic carbocycles. The first-order valence-corrected chi connectivity index (χ1v) is 13.4. The van der Waals surface area contributed by atoms with E-state index in [2.05, 4.69) is 39.8 Å². The zero-order valence-corrected chi connectivity index (χ0v) is 21.6. The van der Waals surface area contributed by atoms with Crippen molar-refractivity contribution in [3.63, 3.8) is 0 Å². The van der Waals surface area contributed by atoms with Crippen LogP contribution in [0.15, 0.2) is 23.3 Å². The number of fused-ring (bicyclic) bond motifs is 7. The fraction of sp³-hybridized carbons (Fsp3) is 0.828. The van der Waals surface area contributed by atoms with Crippen LogP contribution in [0.1, 0.15) is 86.0 Å². The van der Waals surface area contributed by atoms with Crippen LogP contribution in [-0.2, 0) is 4.79 Å². The van der Waals surface area contributed by atoms with Gasteiger partial charge in [-0.1, -0.05) is 57.9 Å². The molecule has 0 spiro atoms. The topological polar surface area (TPSA) is 98.0 Å². The third kappa shape index (κ3) is 2.99. The van der Waals surface area contributed by atoms with E-state index in [0.717, 1.165) is 50.5 Å². The third-order valence-corrected chi connectivity index (χ3v) is 11.7. The summed E-state index contributed by atoms with van der Waals surface area (Å²) in [6.07, 6.45) is 9.41. The van der Waals surface area contributed by atoms with Crippen molar-refractivity contribution < 1.29 is 25.2 Å². The van der Waals surface area contributed by atoms with Crippen molar-refractivity contribution >= 4 is 5.97 Å². The van der Waals surface area contributed by atoms with E-state index in [1.807, 2.05) is 6.92 Å². The van der Waals surface area contributed by atoms with E-state index in [4.69, 9.17) is 0 Å². The van der Waals surface area contributed by atoms with Crippen molar-refractivity contribution in [3.8, 4) is 0 Å². The number of hydrogen-bond donors (Lipinski definition) is 4. The third-order valence-electron chi connectivity index (χ3n) is 11.7. The summed E-state index contributed by atoms with van der Waals surface area (Å²) in [5.74, 6) is 0.123. The van der Waals surface area contributed by atoms with Crippen LogP contribution in [0.2, 0.25) is 0 Å². The van der Waals surface area contributed by atoms with Crippen LogP contribution in [0, 0.1) is 44.8 Å². The molecule has 5 aliphatic rings. The van der Waals surface area contributed by atoms with Crippen molar-refractivity contribution in [2.24, 2.45) is 44.8 Å². The number of hydrogen-bond acceptors (Lipinski definition) is 4. The molecule has 190 valence electrons. The summed E-state index contributed by atoms with van der Waals surface area (Å²) >= 11 is 0. The lowest BCUT2D eigenvalue weighted by Crippen LogP contribution is -2.62. The summed E-state index contributed by atoms with van der Waals surface area (Å²) in [5.41, 5.74) is 0.862. The lowest BCUT2D eigenvalue weighted by atomic mass is 9.39. The molecular formula is C29H44O5. The average molecular weight is 473 g/mol. The molecule has 4 N–H and O–H groups in total. The number of carboxylic acid groups (broad SMARTS) is 1. The van der Waals surface area contributed by atoms with Gasteiger partial charge in [-0.2, -0.15) is 0 Å². The Labute approximate surface area is 204 Å².